The number of oxazole rings is 1. The minimum atomic E-state index is -1.21. The van der Waals surface area contributed by atoms with Gasteiger partial charge in [0.05, 0.1) is 0 Å². The maximum atomic E-state index is 10.5. The molecule has 0 bridgehead atoms. The van der Waals surface area contributed by atoms with Crippen LogP contribution in [0.2, 0.25) is 0 Å². The Morgan fingerprint density at radius 3 is 3.00 bits per heavy atom. The van der Waals surface area contributed by atoms with Crippen LogP contribution in [0.3, 0.4) is 0 Å². The summed E-state index contributed by atoms with van der Waals surface area (Å²) in [6.45, 7) is 1.60. The quantitative estimate of drug-likeness (QED) is 0.677. The standard InChI is InChI=1S/C6H4N2O4/c1-2-7-5-3(11-2)4(6(9)10)12-8-5/h1H3,(H,9,10). The number of aromatic nitrogens is 2. The van der Waals surface area contributed by atoms with Gasteiger partial charge in [0.1, 0.15) is 0 Å². The van der Waals surface area contributed by atoms with Crippen molar-refractivity contribution in [2.75, 3.05) is 0 Å². The summed E-state index contributed by atoms with van der Waals surface area (Å²) in [4.78, 5) is 14.2. The second-order valence-corrected chi connectivity index (χ2v) is 2.20. The molecule has 0 aliphatic rings. The van der Waals surface area contributed by atoms with Crippen molar-refractivity contribution in [2.24, 2.45) is 0 Å². The van der Waals surface area contributed by atoms with Crippen molar-refractivity contribution in [2.45, 2.75) is 6.92 Å². The van der Waals surface area contributed by atoms with Crippen molar-refractivity contribution >= 4 is 17.2 Å². The summed E-state index contributed by atoms with van der Waals surface area (Å²) in [5, 5.41) is 12.0. The molecular weight excluding hydrogens is 164 g/mol. The highest BCUT2D eigenvalue weighted by atomic mass is 16.5. The summed E-state index contributed by atoms with van der Waals surface area (Å²) in [7, 11) is 0. The number of carboxylic acid groups (broad SMARTS) is 1. The van der Waals surface area contributed by atoms with Crippen LogP contribution < -0.4 is 0 Å². The Hall–Kier alpha value is -1.85. The predicted molar refractivity (Wildman–Crippen MR) is 35.8 cm³/mol. The third-order valence-corrected chi connectivity index (χ3v) is 1.34. The van der Waals surface area contributed by atoms with E-state index in [9.17, 15) is 4.79 Å². The molecule has 2 aromatic heterocycles. The van der Waals surface area contributed by atoms with Crippen LogP contribution in [-0.2, 0) is 0 Å². The van der Waals surface area contributed by atoms with Crippen LogP contribution >= 0.6 is 0 Å². The lowest BCUT2D eigenvalue weighted by molar-refractivity contribution is 0.0653. The largest absolute Gasteiger partial charge is 0.475 e. The predicted octanol–water partition coefficient (Wildman–Crippen LogP) is 0.822. The minimum Gasteiger partial charge on any atom is -0.475 e. The summed E-state index contributed by atoms with van der Waals surface area (Å²) < 4.78 is 9.42. The van der Waals surface area contributed by atoms with Gasteiger partial charge in [-0.1, -0.05) is 5.16 Å². The molecular formula is C6H4N2O4. The number of hydrogen-bond donors (Lipinski definition) is 1. The molecule has 62 valence electrons. The van der Waals surface area contributed by atoms with Crippen LogP contribution in [0.4, 0.5) is 0 Å². The summed E-state index contributed by atoms with van der Waals surface area (Å²) in [6, 6.07) is 0. The normalized spacial score (nSPS) is 10.8. The number of rotatable bonds is 1. The van der Waals surface area contributed by atoms with Crippen LogP contribution in [0.1, 0.15) is 16.4 Å². The summed E-state index contributed by atoms with van der Waals surface area (Å²) in [5.41, 5.74) is 0.268. The summed E-state index contributed by atoms with van der Waals surface area (Å²) in [5.74, 6) is -1.16. The molecule has 0 aliphatic heterocycles. The topological polar surface area (TPSA) is 89.4 Å². The smallest absolute Gasteiger partial charge is 0.378 e. The van der Waals surface area contributed by atoms with Crippen molar-refractivity contribution < 1.29 is 18.8 Å². The molecule has 0 saturated carbocycles. The zero-order valence-electron chi connectivity index (χ0n) is 6.07. The monoisotopic (exact) mass is 168 g/mol. The summed E-state index contributed by atoms with van der Waals surface area (Å²) >= 11 is 0. The van der Waals surface area contributed by atoms with Crippen molar-refractivity contribution in [3.05, 3.63) is 11.7 Å². The Kier molecular flexibility index (Phi) is 1.18. The molecule has 2 aromatic rings. The molecule has 0 unspecified atom stereocenters. The van der Waals surface area contributed by atoms with E-state index < -0.39 is 5.97 Å². The molecule has 0 atom stereocenters. The number of aryl methyl sites for hydroxylation is 1. The molecule has 0 spiro atoms. The zero-order valence-corrected chi connectivity index (χ0v) is 6.07. The highest BCUT2D eigenvalue weighted by molar-refractivity contribution is 5.95. The SMILES string of the molecule is Cc1nc2noc(C(=O)O)c2o1. The van der Waals surface area contributed by atoms with Crippen LogP contribution in [0.15, 0.2) is 8.94 Å². The third-order valence-electron chi connectivity index (χ3n) is 1.34. The Labute approximate surface area is 65.8 Å². The van der Waals surface area contributed by atoms with Crippen molar-refractivity contribution in [3.8, 4) is 0 Å². The van der Waals surface area contributed by atoms with Crippen molar-refractivity contribution in [1.82, 2.24) is 10.1 Å². The Morgan fingerprint density at radius 2 is 2.33 bits per heavy atom. The van der Waals surface area contributed by atoms with Crippen LogP contribution in [0, 0.1) is 6.92 Å². The Morgan fingerprint density at radius 1 is 1.58 bits per heavy atom. The fourth-order valence-corrected chi connectivity index (χ4v) is 0.892. The van der Waals surface area contributed by atoms with Gasteiger partial charge in [-0.05, 0) is 0 Å². The molecule has 12 heavy (non-hydrogen) atoms. The number of hydrogen-bond acceptors (Lipinski definition) is 5. The number of aromatic carboxylic acids is 1. The van der Waals surface area contributed by atoms with E-state index in [1.165, 1.54) is 0 Å². The number of carbonyl (C=O) groups is 1. The molecule has 0 saturated heterocycles. The van der Waals surface area contributed by atoms with E-state index in [-0.39, 0.29) is 17.0 Å². The number of carboxylic acids is 1. The van der Waals surface area contributed by atoms with Crippen LogP contribution in [0.25, 0.3) is 11.2 Å². The molecule has 6 nitrogen and oxygen atoms in total. The van der Waals surface area contributed by atoms with Gasteiger partial charge in [0.15, 0.2) is 5.89 Å². The summed E-state index contributed by atoms with van der Waals surface area (Å²) in [6.07, 6.45) is 0. The average Bonchev–Trinajstić information content (AvgIpc) is 2.43. The van der Waals surface area contributed by atoms with Gasteiger partial charge in [0.25, 0.3) is 5.76 Å². The first kappa shape index (κ1) is 6.84. The van der Waals surface area contributed by atoms with Crippen molar-refractivity contribution in [1.29, 1.82) is 0 Å². The van der Waals surface area contributed by atoms with E-state index in [1.54, 1.807) is 6.92 Å². The maximum Gasteiger partial charge on any atom is 0.378 e. The molecule has 0 aliphatic carbocycles. The van der Waals surface area contributed by atoms with Crippen molar-refractivity contribution in [3.63, 3.8) is 0 Å². The van der Waals surface area contributed by atoms with Gasteiger partial charge in [-0.2, -0.15) is 4.98 Å². The second kappa shape index (κ2) is 2.07. The first-order valence-electron chi connectivity index (χ1n) is 3.14. The highest BCUT2D eigenvalue weighted by Crippen LogP contribution is 2.18. The Bertz CT molecular complexity index is 441. The lowest BCUT2D eigenvalue weighted by Crippen LogP contribution is -1.92. The van der Waals surface area contributed by atoms with Gasteiger partial charge in [0, 0.05) is 6.92 Å². The Balaban J connectivity index is 2.76. The molecule has 0 amide bonds. The van der Waals surface area contributed by atoms with E-state index in [4.69, 9.17) is 9.52 Å². The first-order valence-corrected chi connectivity index (χ1v) is 3.14. The average molecular weight is 168 g/mol. The molecule has 0 radical (unpaired) electrons. The second-order valence-electron chi connectivity index (χ2n) is 2.20. The van der Waals surface area contributed by atoms with Gasteiger partial charge >= 0.3 is 5.97 Å². The molecule has 2 heterocycles. The van der Waals surface area contributed by atoms with E-state index in [2.05, 4.69) is 14.7 Å². The highest BCUT2D eigenvalue weighted by Gasteiger charge is 2.20. The first-order chi connectivity index (χ1) is 5.68. The zero-order chi connectivity index (χ0) is 8.72. The fourth-order valence-electron chi connectivity index (χ4n) is 0.892. The lowest BCUT2D eigenvalue weighted by Gasteiger charge is -1.81. The molecule has 0 aromatic carbocycles. The van der Waals surface area contributed by atoms with E-state index >= 15 is 0 Å². The fraction of sp³-hybridized carbons (Fsp3) is 0.167. The van der Waals surface area contributed by atoms with E-state index in [0.717, 1.165) is 0 Å². The number of fused-ring (bicyclic) bond motifs is 1. The van der Waals surface area contributed by atoms with Gasteiger partial charge in [-0.15, -0.1) is 0 Å². The van der Waals surface area contributed by atoms with E-state index in [1.807, 2.05) is 0 Å². The van der Waals surface area contributed by atoms with Gasteiger partial charge < -0.3 is 14.0 Å². The van der Waals surface area contributed by atoms with Crippen LogP contribution in [0.5, 0.6) is 0 Å². The van der Waals surface area contributed by atoms with Crippen LogP contribution in [-0.4, -0.2) is 21.2 Å². The minimum absolute atomic E-state index is 0.0833. The third kappa shape index (κ3) is 0.777. The maximum absolute atomic E-state index is 10.5. The molecule has 2 rings (SSSR count). The molecule has 6 heteroatoms. The lowest BCUT2D eigenvalue weighted by atomic mass is 10.4. The molecule has 0 fully saturated rings. The van der Waals surface area contributed by atoms with Gasteiger partial charge in [-0.25, -0.2) is 4.79 Å². The van der Waals surface area contributed by atoms with E-state index in [0.29, 0.717) is 5.89 Å². The van der Waals surface area contributed by atoms with Gasteiger partial charge in [-0.3, -0.25) is 0 Å². The number of nitrogens with zero attached hydrogens (tertiary/aromatic N) is 2. The van der Waals surface area contributed by atoms with Gasteiger partial charge in [0.2, 0.25) is 11.2 Å². The molecule has 1 N–H and O–H groups in total.